The zero-order chi connectivity index (χ0) is 10.3. The van der Waals surface area contributed by atoms with Crippen LogP contribution in [0.15, 0.2) is 35.1 Å². The van der Waals surface area contributed by atoms with Gasteiger partial charge in [-0.1, -0.05) is 11.6 Å². The molecule has 0 aromatic carbocycles. The van der Waals surface area contributed by atoms with Gasteiger partial charge in [0.05, 0.1) is 11.8 Å². The summed E-state index contributed by atoms with van der Waals surface area (Å²) in [6, 6.07) is 5.22. The minimum atomic E-state index is 0.395. The van der Waals surface area contributed by atoms with Crippen molar-refractivity contribution in [2.75, 3.05) is 0 Å². The maximum Gasteiger partial charge on any atom is 0.188 e. The fourth-order valence-corrected chi connectivity index (χ4v) is 1.48. The van der Waals surface area contributed by atoms with Crippen molar-refractivity contribution in [3.05, 3.63) is 35.9 Å². The summed E-state index contributed by atoms with van der Waals surface area (Å²) in [5, 5.41) is 12.5. The Balaban J connectivity index is 2.32. The van der Waals surface area contributed by atoms with E-state index < -0.39 is 0 Å². The van der Waals surface area contributed by atoms with E-state index in [2.05, 4.69) is 15.3 Å². The van der Waals surface area contributed by atoms with Gasteiger partial charge in [-0.2, -0.15) is 9.61 Å². The topological polar surface area (TPSA) is 56.2 Å². The molecular formula is C9H5ClN4O. The Bertz CT molecular complexity index is 602. The number of hydrogen-bond donors (Lipinski definition) is 0. The number of halogens is 1. The third kappa shape index (κ3) is 1.28. The summed E-state index contributed by atoms with van der Waals surface area (Å²) in [5.41, 5.74) is 1.47. The standard InChI is InChI=1S/C9H5ClN4O/c10-7-1-2-8-11-12-9(14(8)13-7)6-3-4-15-5-6/h1-5H. The van der Waals surface area contributed by atoms with E-state index in [1.54, 1.807) is 35.2 Å². The molecular weight excluding hydrogens is 216 g/mol. The molecule has 0 saturated carbocycles. The molecule has 0 saturated heterocycles. The van der Waals surface area contributed by atoms with Crippen LogP contribution in [0.25, 0.3) is 17.0 Å². The fourth-order valence-electron chi connectivity index (χ4n) is 1.34. The zero-order valence-electron chi connectivity index (χ0n) is 7.46. The molecule has 3 rings (SSSR count). The van der Waals surface area contributed by atoms with Gasteiger partial charge >= 0.3 is 0 Å². The Morgan fingerprint density at radius 3 is 2.93 bits per heavy atom. The Kier molecular flexibility index (Phi) is 1.72. The highest BCUT2D eigenvalue weighted by molar-refractivity contribution is 6.29. The van der Waals surface area contributed by atoms with Crippen LogP contribution in [0, 0.1) is 0 Å². The number of rotatable bonds is 1. The van der Waals surface area contributed by atoms with Crippen LogP contribution in [0.4, 0.5) is 0 Å². The molecule has 0 fully saturated rings. The summed E-state index contributed by atoms with van der Waals surface area (Å²) >= 11 is 5.80. The first-order chi connectivity index (χ1) is 7.34. The Morgan fingerprint density at radius 2 is 2.13 bits per heavy atom. The monoisotopic (exact) mass is 220 g/mol. The predicted octanol–water partition coefficient (Wildman–Crippen LogP) is 2.04. The lowest BCUT2D eigenvalue weighted by molar-refractivity contribution is 0.567. The van der Waals surface area contributed by atoms with Crippen molar-refractivity contribution in [1.82, 2.24) is 19.8 Å². The molecule has 0 amide bonds. The minimum Gasteiger partial charge on any atom is -0.472 e. The normalized spacial score (nSPS) is 11.0. The first-order valence-corrected chi connectivity index (χ1v) is 4.63. The van der Waals surface area contributed by atoms with Gasteiger partial charge in [-0.25, -0.2) is 0 Å². The van der Waals surface area contributed by atoms with Gasteiger partial charge in [0.2, 0.25) is 0 Å². The van der Waals surface area contributed by atoms with Crippen molar-refractivity contribution in [2.24, 2.45) is 0 Å². The molecule has 0 aliphatic carbocycles. The highest BCUT2D eigenvalue weighted by atomic mass is 35.5. The number of nitrogens with zero attached hydrogens (tertiary/aromatic N) is 4. The third-order valence-electron chi connectivity index (χ3n) is 2.01. The number of furan rings is 1. The fraction of sp³-hybridized carbons (Fsp3) is 0. The van der Waals surface area contributed by atoms with Crippen LogP contribution in [0.2, 0.25) is 5.15 Å². The van der Waals surface area contributed by atoms with Crippen LogP contribution in [-0.2, 0) is 0 Å². The Hall–Kier alpha value is -1.88. The molecule has 74 valence electrons. The van der Waals surface area contributed by atoms with Crippen LogP contribution < -0.4 is 0 Å². The first kappa shape index (κ1) is 8.43. The van der Waals surface area contributed by atoms with E-state index in [1.165, 1.54) is 0 Å². The molecule has 0 N–H and O–H groups in total. The van der Waals surface area contributed by atoms with Crippen molar-refractivity contribution in [1.29, 1.82) is 0 Å². The van der Waals surface area contributed by atoms with Crippen LogP contribution in [0.3, 0.4) is 0 Å². The summed E-state index contributed by atoms with van der Waals surface area (Å²) in [4.78, 5) is 0. The Labute approximate surface area is 89.3 Å². The van der Waals surface area contributed by atoms with Gasteiger partial charge in [-0.05, 0) is 18.2 Å². The van der Waals surface area contributed by atoms with E-state index in [4.69, 9.17) is 16.0 Å². The van der Waals surface area contributed by atoms with Crippen LogP contribution >= 0.6 is 11.6 Å². The molecule has 15 heavy (non-hydrogen) atoms. The van der Waals surface area contributed by atoms with Crippen molar-refractivity contribution in [3.63, 3.8) is 0 Å². The van der Waals surface area contributed by atoms with Crippen LogP contribution in [-0.4, -0.2) is 19.8 Å². The lowest BCUT2D eigenvalue weighted by atomic mass is 10.3. The van der Waals surface area contributed by atoms with Crippen LogP contribution in [0.1, 0.15) is 0 Å². The smallest absolute Gasteiger partial charge is 0.188 e. The summed E-state index contributed by atoms with van der Waals surface area (Å²) in [6.07, 6.45) is 3.15. The molecule has 0 bridgehead atoms. The van der Waals surface area contributed by atoms with E-state index in [0.29, 0.717) is 16.6 Å². The van der Waals surface area contributed by atoms with Gasteiger partial charge in [-0.3, -0.25) is 0 Å². The zero-order valence-corrected chi connectivity index (χ0v) is 8.22. The average Bonchev–Trinajstić information content (AvgIpc) is 2.83. The summed E-state index contributed by atoms with van der Waals surface area (Å²) in [7, 11) is 0. The second-order valence-electron chi connectivity index (χ2n) is 2.96. The lowest BCUT2D eigenvalue weighted by Crippen LogP contribution is -1.93. The Morgan fingerprint density at radius 1 is 1.20 bits per heavy atom. The highest BCUT2D eigenvalue weighted by Crippen LogP contribution is 2.18. The molecule has 0 spiro atoms. The molecule has 0 aliphatic heterocycles. The summed E-state index contributed by atoms with van der Waals surface area (Å²) in [5.74, 6) is 0.612. The molecule has 5 nitrogen and oxygen atoms in total. The molecule has 6 heteroatoms. The number of aromatic nitrogens is 4. The van der Waals surface area contributed by atoms with Crippen LogP contribution in [0.5, 0.6) is 0 Å². The largest absolute Gasteiger partial charge is 0.472 e. The van der Waals surface area contributed by atoms with E-state index in [-0.39, 0.29) is 0 Å². The van der Waals surface area contributed by atoms with Gasteiger partial charge < -0.3 is 4.42 Å². The van der Waals surface area contributed by atoms with Crippen molar-refractivity contribution < 1.29 is 4.42 Å². The first-order valence-electron chi connectivity index (χ1n) is 4.25. The van der Waals surface area contributed by atoms with Gasteiger partial charge in [0.15, 0.2) is 11.5 Å². The van der Waals surface area contributed by atoms with Crippen molar-refractivity contribution in [2.45, 2.75) is 0 Å². The second-order valence-corrected chi connectivity index (χ2v) is 3.35. The SMILES string of the molecule is Clc1ccc2nnc(-c3ccoc3)n2n1. The minimum absolute atomic E-state index is 0.395. The lowest BCUT2D eigenvalue weighted by Gasteiger charge is -1.95. The van der Waals surface area contributed by atoms with Gasteiger partial charge in [0, 0.05) is 0 Å². The quantitative estimate of drug-likeness (QED) is 0.630. The summed E-state index contributed by atoms with van der Waals surface area (Å²) in [6.45, 7) is 0. The molecule has 3 aromatic heterocycles. The van der Waals surface area contributed by atoms with E-state index in [1.807, 2.05) is 0 Å². The maximum absolute atomic E-state index is 5.80. The molecule has 0 unspecified atom stereocenters. The maximum atomic E-state index is 5.80. The van der Waals surface area contributed by atoms with Gasteiger partial charge in [0.1, 0.15) is 11.4 Å². The second kappa shape index (κ2) is 3.06. The average molecular weight is 221 g/mol. The molecule has 3 aromatic rings. The van der Waals surface area contributed by atoms with Gasteiger partial charge in [0.25, 0.3) is 0 Å². The van der Waals surface area contributed by atoms with Crippen molar-refractivity contribution in [3.8, 4) is 11.4 Å². The molecule has 0 atom stereocenters. The molecule has 0 aliphatic rings. The highest BCUT2D eigenvalue weighted by Gasteiger charge is 2.09. The van der Waals surface area contributed by atoms with Gasteiger partial charge in [-0.15, -0.1) is 10.2 Å². The third-order valence-corrected chi connectivity index (χ3v) is 2.21. The summed E-state index contributed by atoms with van der Waals surface area (Å²) < 4.78 is 6.55. The van der Waals surface area contributed by atoms with E-state index in [9.17, 15) is 0 Å². The van der Waals surface area contributed by atoms with Crippen molar-refractivity contribution >= 4 is 17.2 Å². The predicted molar refractivity (Wildman–Crippen MR) is 53.5 cm³/mol. The molecule has 0 radical (unpaired) electrons. The number of hydrogen-bond acceptors (Lipinski definition) is 4. The molecule has 3 heterocycles. The van der Waals surface area contributed by atoms with E-state index in [0.717, 1.165) is 5.56 Å². The van der Waals surface area contributed by atoms with E-state index >= 15 is 0 Å². The number of fused-ring (bicyclic) bond motifs is 1.